The maximum Gasteiger partial charge on any atom is 0.306 e. The number of carbonyl (C=O) groups excluding carboxylic acids is 3. The minimum absolute atomic E-state index is 0.0614. The van der Waals surface area contributed by atoms with Crippen LogP contribution in [0.2, 0.25) is 0 Å². The minimum atomic E-state index is -0.762. The second kappa shape index (κ2) is 55.3. The molecule has 0 aliphatic heterocycles. The zero-order valence-electron chi connectivity index (χ0n) is 45.9. The van der Waals surface area contributed by atoms with Gasteiger partial charge in [-0.15, -0.1) is 0 Å². The van der Waals surface area contributed by atoms with E-state index in [1.165, 1.54) is 244 Å². The third kappa shape index (κ3) is 55.2. The molecule has 398 valence electrons. The van der Waals surface area contributed by atoms with E-state index in [9.17, 15) is 14.4 Å². The molecular formula is C61H118O6. The molecule has 0 radical (unpaired) electrons. The molecule has 0 aliphatic carbocycles. The molecule has 0 bridgehead atoms. The molecule has 0 rings (SSSR count). The lowest BCUT2D eigenvalue weighted by Crippen LogP contribution is -2.30. The van der Waals surface area contributed by atoms with Crippen molar-refractivity contribution in [2.24, 2.45) is 5.92 Å². The Labute approximate surface area is 418 Å². The Balaban J connectivity index is 4.29. The molecule has 6 heteroatoms. The Morgan fingerprint density at radius 2 is 0.493 bits per heavy atom. The van der Waals surface area contributed by atoms with Gasteiger partial charge < -0.3 is 14.2 Å². The Morgan fingerprint density at radius 3 is 0.731 bits per heavy atom. The summed E-state index contributed by atoms with van der Waals surface area (Å²) in [4.78, 5) is 38.2. The van der Waals surface area contributed by atoms with Crippen molar-refractivity contribution in [1.29, 1.82) is 0 Å². The van der Waals surface area contributed by atoms with E-state index in [-0.39, 0.29) is 31.1 Å². The van der Waals surface area contributed by atoms with Crippen LogP contribution in [0.25, 0.3) is 0 Å². The highest BCUT2D eigenvalue weighted by Crippen LogP contribution is 2.18. The molecule has 0 aromatic heterocycles. The van der Waals surface area contributed by atoms with Crippen molar-refractivity contribution >= 4 is 17.9 Å². The van der Waals surface area contributed by atoms with Crippen LogP contribution >= 0.6 is 0 Å². The summed E-state index contributed by atoms with van der Waals surface area (Å²) in [7, 11) is 0. The van der Waals surface area contributed by atoms with Gasteiger partial charge in [0.25, 0.3) is 0 Å². The molecule has 0 N–H and O–H groups in total. The monoisotopic (exact) mass is 947 g/mol. The van der Waals surface area contributed by atoms with Crippen LogP contribution in [0.1, 0.15) is 349 Å². The lowest BCUT2D eigenvalue weighted by Gasteiger charge is -2.18. The standard InChI is InChI=1S/C61H118O6/c1-5-7-9-11-13-15-17-19-21-23-25-28-32-36-40-44-48-52-59(62)65-55-58(67-61(64)54-50-46-42-38-34-29-24-22-20-18-16-14-12-10-8-6-2)56-66-60(63)53-49-45-41-37-33-30-26-27-31-35-39-43-47-51-57(3)4/h57-58H,5-56H2,1-4H3/t58-/m0/s1. The van der Waals surface area contributed by atoms with Gasteiger partial charge in [0.1, 0.15) is 13.2 Å². The van der Waals surface area contributed by atoms with E-state index >= 15 is 0 Å². The van der Waals surface area contributed by atoms with Gasteiger partial charge in [0.2, 0.25) is 0 Å². The SMILES string of the molecule is CCCCCCCCCCCCCCCCCCCC(=O)OC[C@@H](COC(=O)CCCCCCCCCCCCCCCC(C)C)OC(=O)CCCCCCCCCCCCCCCCCC. The van der Waals surface area contributed by atoms with Crippen molar-refractivity contribution in [3.05, 3.63) is 0 Å². The molecule has 0 unspecified atom stereocenters. The third-order valence-corrected chi connectivity index (χ3v) is 14.0. The van der Waals surface area contributed by atoms with E-state index in [1.807, 2.05) is 0 Å². The van der Waals surface area contributed by atoms with Gasteiger partial charge in [0.15, 0.2) is 6.10 Å². The molecule has 67 heavy (non-hydrogen) atoms. The smallest absolute Gasteiger partial charge is 0.306 e. The van der Waals surface area contributed by atoms with E-state index in [4.69, 9.17) is 14.2 Å². The first-order valence-electron chi connectivity index (χ1n) is 30.4. The molecule has 0 saturated heterocycles. The quantitative estimate of drug-likeness (QED) is 0.0343. The van der Waals surface area contributed by atoms with Gasteiger partial charge in [0.05, 0.1) is 0 Å². The number of carbonyl (C=O) groups is 3. The second-order valence-electron chi connectivity index (χ2n) is 21.5. The van der Waals surface area contributed by atoms with Crippen LogP contribution < -0.4 is 0 Å². The first kappa shape index (κ1) is 65.4. The predicted octanol–water partition coefficient (Wildman–Crippen LogP) is 20.2. The molecule has 0 aromatic rings. The average Bonchev–Trinajstić information content (AvgIpc) is 3.31. The number of esters is 3. The van der Waals surface area contributed by atoms with E-state index in [0.29, 0.717) is 19.3 Å². The zero-order valence-corrected chi connectivity index (χ0v) is 45.9. The highest BCUT2D eigenvalue weighted by atomic mass is 16.6. The first-order chi connectivity index (χ1) is 32.9. The summed E-state index contributed by atoms with van der Waals surface area (Å²) >= 11 is 0. The molecule has 1 atom stereocenters. The fraction of sp³-hybridized carbons (Fsp3) is 0.951. The van der Waals surface area contributed by atoms with Crippen molar-refractivity contribution in [1.82, 2.24) is 0 Å². The highest BCUT2D eigenvalue weighted by Gasteiger charge is 2.19. The summed E-state index contributed by atoms with van der Waals surface area (Å²) in [5.41, 5.74) is 0. The molecule has 0 fully saturated rings. The summed E-state index contributed by atoms with van der Waals surface area (Å²) in [6.45, 7) is 9.08. The van der Waals surface area contributed by atoms with Crippen LogP contribution in [-0.4, -0.2) is 37.2 Å². The van der Waals surface area contributed by atoms with Gasteiger partial charge in [-0.1, -0.05) is 310 Å². The van der Waals surface area contributed by atoms with Gasteiger partial charge in [-0.05, 0) is 25.2 Å². The van der Waals surface area contributed by atoms with Crippen LogP contribution in [-0.2, 0) is 28.6 Å². The molecular weight excluding hydrogens is 829 g/mol. The van der Waals surface area contributed by atoms with Crippen LogP contribution in [0, 0.1) is 5.92 Å². The molecule has 0 saturated carbocycles. The summed E-state index contributed by atoms with van der Waals surface area (Å²) in [5.74, 6) is 0.00875. The minimum Gasteiger partial charge on any atom is -0.462 e. The maximum atomic E-state index is 12.9. The number of ether oxygens (including phenoxy) is 3. The van der Waals surface area contributed by atoms with Gasteiger partial charge in [-0.3, -0.25) is 14.4 Å². The fourth-order valence-electron chi connectivity index (χ4n) is 9.46. The summed E-state index contributed by atoms with van der Waals surface area (Å²) in [6, 6.07) is 0. The van der Waals surface area contributed by atoms with Crippen molar-refractivity contribution in [3.8, 4) is 0 Å². The molecule has 0 spiro atoms. The molecule has 6 nitrogen and oxygen atoms in total. The fourth-order valence-corrected chi connectivity index (χ4v) is 9.46. The number of rotatable bonds is 56. The van der Waals surface area contributed by atoms with Crippen LogP contribution in [0.4, 0.5) is 0 Å². The highest BCUT2D eigenvalue weighted by molar-refractivity contribution is 5.71. The van der Waals surface area contributed by atoms with Gasteiger partial charge >= 0.3 is 17.9 Å². The number of unbranched alkanes of at least 4 members (excludes halogenated alkanes) is 43. The van der Waals surface area contributed by atoms with Crippen LogP contribution in [0.3, 0.4) is 0 Å². The van der Waals surface area contributed by atoms with Gasteiger partial charge in [-0.2, -0.15) is 0 Å². The Morgan fingerprint density at radius 1 is 0.284 bits per heavy atom. The van der Waals surface area contributed by atoms with Crippen molar-refractivity contribution in [2.45, 2.75) is 355 Å². The van der Waals surface area contributed by atoms with Crippen molar-refractivity contribution < 1.29 is 28.6 Å². The summed E-state index contributed by atoms with van der Waals surface area (Å²) in [6.07, 6.45) is 60.9. The predicted molar refractivity (Wildman–Crippen MR) is 289 cm³/mol. The lowest BCUT2D eigenvalue weighted by atomic mass is 10.0. The third-order valence-electron chi connectivity index (χ3n) is 14.0. The molecule has 0 aliphatic rings. The average molecular weight is 948 g/mol. The number of hydrogen-bond acceptors (Lipinski definition) is 6. The van der Waals surface area contributed by atoms with Crippen LogP contribution in [0.5, 0.6) is 0 Å². The molecule has 0 aromatic carbocycles. The van der Waals surface area contributed by atoms with Gasteiger partial charge in [0, 0.05) is 19.3 Å². The van der Waals surface area contributed by atoms with Gasteiger partial charge in [-0.25, -0.2) is 0 Å². The largest absolute Gasteiger partial charge is 0.462 e. The lowest BCUT2D eigenvalue weighted by molar-refractivity contribution is -0.167. The van der Waals surface area contributed by atoms with Crippen LogP contribution in [0.15, 0.2) is 0 Å². The zero-order chi connectivity index (χ0) is 48.8. The van der Waals surface area contributed by atoms with E-state index in [1.54, 1.807) is 0 Å². The summed E-state index contributed by atoms with van der Waals surface area (Å²) < 4.78 is 16.9. The Hall–Kier alpha value is -1.59. The van der Waals surface area contributed by atoms with E-state index in [0.717, 1.165) is 63.7 Å². The Bertz CT molecular complexity index is 1010. The van der Waals surface area contributed by atoms with Crippen molar-refractivity contribution in [3.63, 3.8) is 0 Å². The molecule has 0 amide bonds. The van der Waals surface area contributed by atoms with E-state index < -0.39 is 6.10 Å². The maximum absolute atomic E-state index is 12.9. The van der Waals surface area contributed by atoms with Crippen molar-refractivity contribution in [2.75, 3.05) is 13.2 Å². The Kier molecular flexibility index (Phi) is 54.0. The first-order valence-corrected chi connectivity index (χ1v) is 30.4. The van der Waals surface area contributed by atoms with E-state index in [2.05, 4.69) is 27.7 Å². The number of hydrogen-bond donors (Lipinski definition) is 0. The molecule has 0 heterocycles. The topological polar surface area (TPSA) is 78.9 Å². The summed E-state index contributed by atoms with van der Waals surface area (Å²) in [5, 5.41) is 0. The second-order valence-corrected chi connectivity index (χ2v) is 21.5. The normalized spacial score (nSPS) is 12.0.